The molecule has 0 amide bonds. The highest BCUT2D eigenvalue weighted by Crippen LogP contribution is 2.23. The number of primary sulfonamides is 1. The van der Waals surface area contributed by atoms with E-state index in [1.807, 2.05) is 13.8 Å². The molecule has 1 heterocycles. The highest BCUT2D eigenvalue weighted by atomic mass is 35.5. The molecule has 1 aromatic heterocycles. The van der Waals surface area contributed by atoms with Crippen LogP contribution in [0.25, 0.3) is 0 Å². The Labute approximate surface area is 99.6 Å². The zero-order chi connectivity index (χ0) is 12.3. The minimum atomic E-state index is -3.57. The Bertz CT molecular complexity index is 474. The fraction of sp³-hybridized carbons (Fsp3) is 0.444. The first kappa shape index (κ1) is 13.2. The van der Waals surface area contributed by atoms with Crippen LogP contribution in [0.1, 0.15) is 19.4 Å². The lowest BCUT2D eigenvalue weighted by molar-refractivity contribution is 0.232. The molecule has 0 aliphatic carbocycles. The predicted molar refractivity (Wildman–Crippen MR) is 61.8 cm³/mol. The maximum absolute atomic E-state index is 10.9. The number of halogens is 1. The van der Waals surface area contributed by atoms with E-state index in [0.29, 0.717) is 5.56 Å². The van der Waals surface area contributed by atoms with E-state index in [-0.39, 0.29) is 22.8 Å². The average molecular weight is 265 g/mol. The number of hydrogen-bond donors (Lipinski definition) is 1. The van der Waals surface area contributed by atoms with E-state index in [9.17, 15) is 8.42 Å². The Hall–Kier alpha value is -0.850. The van der Waals surface area contributed by atoms with Crippen LogP contribution in [0.3, 0.4) is 0 Å². The molecule has 1 aromatic rings. The highest BCUT2D eigenvalue weighted by Gasteiger charge is 2.10. The van der Waals surface area contributed by atoms with E-state index >= 15 is 0 Å². The van der Waals surface area contributed by atoms with Crippen LogP contribution in [-0.4, -0.2) is 19.5 Å². The minimum Gasteiger partial charge on any atom is -0.474 e. The largest absolute Gasteiger partial charge is 0.474 e. The third kappa shape index (κ3) is 4.34. The molecule has 0 saturated heterocycles. The van der Waals surface area contributed by atoms with E-state index in [2.05, 4.69) is 4.98 Å². The number of sulfonamides is 1. The van der Waals surface area contributed by atoms with Crippen molar-refractivity contribution in [2.24, 2.45) is 5.14 Å². The third-order valence-corrected chi connectivity index (χ3v) is 2.59. The Kier molecular flexibility index (Phi) is 4.12. The summed E-state index contributed by atoms with van der Waals surface area (Å²) < 4.78 is 27.0. The van der Waals surface area contributed by atoms with E-state index in [4.69, 9.17) is 21.5 Å². The smallest absolute Gasteiger partial charge is 0.232 e. The van der Waals surface area contributed by atoms with Gasteiger partial charge in [0.1, 0.15) is 5.02 Å². The van der Waals surface area contributed by atoms with Gasteiger partial charge in [-0.05, 0) is 25.5 Å². The number of rotatable bonds is 4. The van der Waals surface area contributed by atoms with Crippen molar-refractivity contribution in [3.8, 4) is 5.88 Å². The zero-order valence-corrected chi connectivity index (χ0v) is 10.5. The second-order valence-electron chi connectivity index (χ2n) is 3.60. The lowest BCUT2D eigenvalue weighted by atomic mass is 10.3. The van der Waals surface area contributed by atoms with Gasteiger partial charge in [-0.3, -0.25) is 0 Å². The number of nitrogens with zero attached hydrogens (tertiary/aromatic N) is 1. The predicted octanol–water partition coefficient (Wildman–Crippen LogP) is 1.31. The molecule has 0 fully saturated rings. The summed E-state index contributed by atoms with van der Waals surface area (Å²) in [6.07, 6.45) is 1.34. The van der Waals surface area contributed by atoms with Crippen LogP contribution in [-0.2, 0) is 15.8 Å². The lowest BCUT2D eigenvalue weighted by Gasteiger charge is -2.10. The van der Waals surface area contributed by atoms with Gasteiger partial charge in [0.25, 0.3) is 0 Å². The van der Waals surface area contributed by atoms with Gasteiger partial charge in [0.2, 0.25) is 15.9 Å². The summed E-state index contributed by atoms with van der Waals surface area (Å²) >= 11 is 5.88. The van der Waals surface area contributed by atoms with E-state index in [0.717, 1.165) is 0 Å². The van der Waals surface area contributed by atoms with Crippen LogP contribution in [0.15, 0.2) is 12.3 Å². The van der Waals surface area contributed by atoms with Crippen LogP contribution in [0, 0.1) is 0 Å². The van der Waals surface area contributed by atoms with E-state index in [1.54, 1.807) is 0 Å². The monoisotopic (exact) mass is 264 g/mol. The second-order valence-corrected chi connectivity index (χ2v) is 5.63. The fourth-order valence-corrected chi connectivity index (χ4v) is 1.94. The van der Waals surface area contributed by atoms with Crippen molar-refractivity contribution in [3.05, 3.63) is 22.8 Å². The molecule has 0 saturated carbocycles. The Morgan fingerprint density at radius 3 is 2.62 bits per heavy atom. The van der Waals surface area contributed by atoms with Gasteiger partial charge in [-0.25, -0.2) is 18.5 Å². The van der Waals surface area contributed by atoms with Gasteiger partial charge >= 0.3 is 0 Å². The molecule has 0 aromatic carbocycles. The topological polar surface area (TPSA) is 82.3 Å². The summed E-state index contributed by atoms with van der Waals surface area (Å²) in [5, 5.41) is 5.18. The quantitative estimate of drug-likeness (QED) is 0.889. The van der Waals surface area contributed by atoms with Crippen molar-refractivity contribution in [2.45, 2.75) is 25.7 Å². The average Bonchev–Trinajstić information content (AvgIpc) is 2.06. The summed E-state index contributed by atoms with van der Waals surface area (Å²) in [6.45, 7) is 3.69. The molecule has 0 bridgehead atoms. The zero-order valence-electron chi connectivity index (χ0n) is 8.97. The van der Waals surface area contributed by atoms with E-state index in [1.165, 1.54) is 12.3 Å². The summed E-state index contributed by atoms with van der Waals surface area (Å²) in [6, 6.07) is 1.48. The van der Waals surface area contributed by atoms with Crippen molar-refractivity contribution in [3.63, 3.8) is 0 Å². The molecule has 0 aliphatic heterocycles. The molecular weight excluding hydrogens is 252 g/mol. The molecule has 0 aliphatic rings. The summed E-state index contributed by atoms with van der Waals surface area (Å²) in [5.41, 5.74) is 0.434. The molecule has 5 nitrogen and oxygen atoms in total. The van der Waals surface area contributed by atoms with Crippen molar-refractivity contribution in [2.75, 3.05) is 0 Å². The molecule has 2 N–H and O–H groups in total. The van der Waals surface area contributed by atoms with Crippen LogP contribution in [0.4, 0.5) is 0 Å². The molecule has 7 heteroatoms. The van der Waals surface area contributed by atoms with Gasteiger partial charge in [0.15, 0.2) is 0 Å². The van der Waals surface area contributed by atoms with E-state index < -0.39 is 10.0 Å². The molecule has 0 atom stereocenters. The molecule has 0 radical (unpaired) electrons. The van der Waals surface area contributed by atoms with Crippen molar-refractivity contribution >= 4 is 21.6 Å². The van der Waals surface area contributed by atoms with Crippen molar-refractivity contribution in [1.29, 1.82) is 0 Å². The number of nitrogens with two attached hydrogens (primary N) is 1. The summed E-state index contributed by atoms with van der Waals surface area (Å²) in [5.74, 6) is -0.00312. The summed E-state index contributed by atoms with van der Waals surface area (Å²) in [7, 11) is -3.57. The number of hydrogen-bond acceptors (Lipinski definition) is 4. The first-order chi connectivity index (χ1) is 7.28. The molecule has 0 spiro atoms. The van der Waals surface area contributed by atoms with Crippen LogP contribution >= 0.6 is 11.6 Å². The molecule has 16 heavy (non-hydrogen) atoms. The minimum absolute atomic E-state index is 0.0471. The first-order valence-corrected chi connectivity index (χ1v) is 6.69. The van der Waals surface area contributed by atoms with Crippen LogP contribution < -0.4 is 9.88 Å². The number of ether oxygens (including phenoxy) is 1. The number of aromatic nitrogens is 1. The van der Waals surface area contributed by atoms with Gasteiger partial charge in [-0.2, -0.15) is 0 Å². The van der Waals surface area contributed by atoms with Gasteiger partial charge in [0, 0.05) is 6.20 Å². The SMILES string of the molecule is CC(C)Oc1ncc(CS(N)(=O)=O)cc1Cl. The summed E-state index contributed by atoms with van der Waals surface area (Å²) in [4.78, 5) is 3.93. The molecule has 1 rings (SSSR count). The molecular formula is C9H13ClN2O3S. The standard InChI is InChI=1S/C9H13ClN2O3S/c1-6(2)15-9-8(10)3-7(4-12-9)5-16(11,13)14/h3-4,6H,5H2,1-2H3,(H2,11,13,14). The molecule has 0 unspecified atom stereocenters. The second kappa shape index (κ2) is 4.99. The maximum atomic E-state index is 10.9. The van der Waals surface area contributed by atoms with Gasteiger partial charge < -0.3 is 4.74 Å². The van der Waals surface area contributed by atoms with Crippen LogP contribution in [0.5, 0.6) is 5.88 Å². The lowest BCUT2D eigenvalue weighted by Crippen LogP contribution is -2.15. The molecule has 90 valence electrons. The Morgan fingerprint density at radius 2 is 2.19 bits per heavy atom. The highest BCUT2D eigenvalue weighted by molar-refractivity contribution is 7.88. The third-order valence-electron chi connectivity index (χ3n) is 1.58. The van der Waals surface area contributed by atoms with Gasteiger partial charge in [-0.1, -0.05) is 11.6 Å². The fourth-order valence-electron chi connectivity index (χ4n) is 1.09. The number of pyridine rings is 1. The normalized spacial score (nSPS) is 11.8. The van der Waals surface area contributed by atoms with Gasteiger partial charge in [-0.15, -0.1) is 0 Å². The van der Waals surface area contributed by atoms with Crippen molar-refractivity contribution < 1.29 is 13.2 Å². The van der Waals surface area contributed by atoms with Gasteiger partial charge in [0.05, 0.1) is 11.9 Å². The Morgan fingerprint density at radius 1 is 1.56 bits per heavy atom. The first-order valence-electron chi connectivity index (χ1n) is 4.59. The van der Waals surface area contributed by atoms with Crippen LogP contribution in [0.2, 0.25) is 5.02 Å². The Balaban J connectivity index is 2.91. The van der Waals surface area contributed by atoms with Crippen molar-refractivity contribution in [1.82, 2.24) is 4.98 Å². The maximum Gasteiger partial charge on any atom is 0.232 e.